The number of halogens is 1. The number of rotatable bonds is 23. The smallest absolute Gasteiger partial charge is 0.323 e. The number of pyridine rings is 1. The molecule has 6 rings (SSSR count). The van der Waals surface area contributed by atoms with Crippen molar-refractivity contribution in [1.82, 2.24) is 30.3 Å². The maximum atomic E-state index is 14.1. The molecule has 20 heteroatoms. The molecule has 4 aromatic carbocycles. The molecule has 2 heterocycles. The summed E-state index contributed by atoms with van der Waals surface area (Å²) in [5.41, 5.74) is 1.42. The van der Waals surface area contributed by atoms with Gasteiger partial charge in [0.15, 0.2) is 5.75 Å². The Labute approximate surface area is 414 Å². The van der Waals surface area contributed by atoms with E-state index in [1.165, 1.54) is 28.1 Å². The number of nitrogens with zero attached hydrogens (tertiary/aromatic N) is 3. The minimum atomic E-state index is -3.67. The summed E-state index contributed by atoms with van der Waals surface area (Å²) in [6.45, 7) is 11.2. The quantitative estimate of drug-likeness (QED) is 0.0274. The van der Waals surface area contributed by atoms with Crippen LogP contribution in [0, 0.1) is 5.82 Å². The van der Waals surface area contributed by atoms with Crippen LogP contribution in [0.1, 0.15) is 86.2 Å². The predicted molar refractivity (Wildman–Crippen MR) is 270 cm³/mol. The van der Waals surface area contributed by atoms with Crippen LogP contribution in [0.5, 0.6) is 17.2 Å². The van der Waals surface area contributed by atoms with Crippen LogP contribution in [0.25, 0.3) is 10.9 Å². The lowest BCUT2D eigenvalue weighted by molar-refractivity contribution is -0.149. The van der Waals surface area contributed by atoms with Crippen molar-refractivity contribution in [3.8, 4) is 17.2 Å². The number of ether oxygens (including phenoxy) is 2. The second kappa shape index (κ2) is 25.8. The maximum absolute atomic E-state index is 14.1. The van der Waals surface area contributed by atoms with E-state index in [0.29, 0.717) is 47.1 Å². The van der Waals surface area contributed by atoms with Crippen molar-refractivity contribution in [2.75, 3.05) is 39.5 Å². The Hall–Kier alpha value is -6.16. The van der Waals surface area contributed by atoms with Gasteiger partial charge in [-0.1, -0.05) is 54.6 Å². The van der Waals surface area contributed by atoms with E-state index >= 15 is 0 Å². The van der Waals surface area contributed by atoms with Crippen molar-refractivity contribution in [1.29, 1.82) is 0 Å². The van der Waals surface area contributed by atoms with Gasteiger partial charge in [0, 0.05) is 43.8 Å². The summed E-state index contributed by atoms with van der Waals surface area (Å²) < 4.78 is 62.6. The van der Waals surface area contributed by atoms with Gasteiger partial charge in [-0.2, -0.15) is 0 Å². The van der Waals surface area contributed by atoms with Crippen molar-refractivity contribution in [3.63, 3.8) is 0 Å². The Morgan fingerprint density at radius 3 is 1.80 bits per heavy atom. The first kappa shape index (κ1) is 55.8. The van der Waals surface area contributed by atoms with Gasteiger partial charge in [-0.05, 0) is 116 Å². The van der Waals surface area contributed by atoms with Crippen molar-refractivity contribution in [2.24, 2.45) is 0 Å². The van der Waals surface area contributed by atoms with Crippen LogP contribution in [-0.4, -0.2) is 107 Å². The topological polar surface area (TPSA) is 215 Å². The molecule has 4 N–H and O–H groups in total. The molecule has 4 atom stereocenters. The summed E-state index contributed by atoms with van der Waals surface area (Å²) in [5.74, 6) is -1.73. The van der Waals surface area contributed by atoms with Gasteiger partial charge in [0.05, 0.1) is 35.7 Å². The van der Waals surface area contributed by atoms with Crippen LogP contribution in [0.3, 0.4) is 0 Å². The molecule has 1 aromatic heterocycles. The Kier molecular flexibility index (Phi) is 20.3. The molecule has 0 radical (unpaired) electrons. The standard InChI is InChI=1S/C35H38FN4O7P.C16H27N2O4P/c1-22(2)46-35(44)23(3)38-48(45,47-26-10-6-5-7-11-26)19-9-18-39(4)33(42)29-27-12-8-17-37-31(27)32(41)30-28(29)21-40(34(30)43)20-24-13-15-25(36)16-14-24;1-13(2)21-16(19)14(3)18-23(20,12-8-11-17-4)22-15-9-6-5-7-10-15/h5-8,10-17,22-23,41H,9,18-21H2,1-4H3,(H,38,45);5-7,9-10,13-14,17H,8,11-12H2,1-4H3,(H,18,20)/t23-,48?;14-,23?/m00/s1. The van der Waals surface area contributed by atoms with Crippen molar-refractivity contribution < 1.29 is 56.3 Å². The van der Waals surface area contributed by atoms with E-state index in [0.717, 1.165) is 0 Å². The number of fused-ring (bicyclic) bond motifs is 2. The summed E-state index contributed by atoms with van der Waals surface area (Å²) in [7, 11) is -3.46. The maximum Gasteiger partial charge on any atom is 0.323 e. The molecule has 0 saturated carbocycles. The van der Waals surface area contributed by atoms with Crippen LogP contribution in [0.2, 0.25) is 0 Å². The first-order chi connectivity index (χ1) is 33.7. The number of carbonyl (C=O) groups is 4. The van der Waals surface area contributed by atoms with Crippen molar-refractivity contribution in [2.45, 2.75) is 91.8 Å². The molecule has 382 valence electrons. The molecule has 0 bridgehead atoms. The number of amides is 2. The van der Waals surface area contributed by atoms with E-state index in [4.69, 9.17) is 18.5 Å². The van der Waals surface area contributed by atoms with Crippen LogP contribution in [0.4, 0.5) is 4.39 Å². The van der Waals surface area contributed by atoms with Gasteiger partial charge >= 0.3 is 27.0 Å². The van der Waals surface area contributed by atoms with Crippen LogP contribution in [0.15, 0.2) is 103 Å². The van der Waals surface area contributed by atoms with E-state index < -0.39 is 56.7 Å². The van der Waals surface area contributed by atoms with Gasteiger partial charge in [-0.3, -0.25) is 33.3 Å². The second-order valence-electron chi connectivity index (χ2n) is 17.6. The van der Waals surface area contributed by atoms with Gasteiger partial charge in [-0.15, -0.1) is 0 Å². The fourth-order valence-electron chi connectivity index (χ4n) is 7.55. The third-order valence-electron chi connectivity index (χ3n) is 10.8. The van der Waals surface area contributed by atoms with E-state index in [-0.39, 0.29) is 66.8 Å². The Morgan fingerprint density at radius 1 is 0.775 bits per heavy atom. The number of phenols is 1. The van der Waals surface area contributed by atoms with Crippen molar-refractivity contribution in [3.05, 3.63) is 131 Å². The Balaban J connectivity index is 0.000000343. The minimum absolute atomic E-state index is 0.00675. The number of hydrogen-bond donors (Lipinski definition) is 4. The number of hydrogen-bond acceptors (Lipinski definition) is 13. The Morgan fingerprint density at radius 2 is 1.30 bits per heavy atom. The Bertz CT molecular complexity index is 2700. The molecule has 1 aliphatic heterocycles. The summed E-state index contributed by atoms with van der Waals surface area (Å²) in [4.78, 5) is 59.4. The zero-order valence-electron chi connectivity index (χ0n) is 41.4. The SMILES string of the molecule is CC(C)OC(=O)[C@H](C)NP(=O)(CCCN(C)C(=O)c1c2c(c(O)c3ncccc13)C(=O)N(Cc1ccc(F)cc1)C2)Oc1ccccc1.CNCCCP(=O)(N[C@@H](C)C(=O)OC(C)C)Oc1ccccc1. The molecule has 1 aliphatic rings. The van der Waals surface area contributed by atoms with E-state index in [2.05, 4.69) is 20.5 Å². The average Bonchev–Trinajstić information content (AvgIpc) is 3.64. The highest BCUT2D eigenvalue weighted by Crippen LogP contribution is 2.46. The molecular weight excluding hydrogens is 954 g/mol. The lowest BCUT2D eigenvalue weighted by Crippen LogP contribution is -2.37. The summed E-state index contributed by atoms with van der Waals surface area (Å²) >= 11 is 0. The average molecular weight is 1020 g/mol. The van der Waals surface area contributed by atoms with Gasteiger partial charge < -0.3 is 38.7 Å². The first-order valence-corrected chi connectivity index (χ1v) is 27.0. The lowest BCUT2D eigenvalue weighted by atomic mass is 9.95. The minimum Gasteiger partial charge on any atom is -0.505 e. The number of esters is 2. The van der Waals surface area contributed by atoms with E-state index in [1.54, 1.807) is 115 Å². The summed E-state index contributed by atoms with van der Waals surface area (Å²) in [5, 5.41) is 20.2. The normalized spacial score (nSPS) is 14.6. The molecule has 71 heavy (non-hydrogen) atoms. The van der Waals surface area contributed by atoms with Gasteiger partial charge in [0.25, 0.3) is 11.8 Å². The fraction of sp³-hybridized carbons (Fsp3) is 0.392. The monoisotopic (exact) mass is 1020 g/mol. The van der Waals surface area contributed by atoms with E-state index in [9.17, 15) is 37.8 Å². The number of nitrogens with one attached hydrogen (secondary N) is 3. The highest BCUT2D eigenvalue weighted by atomic mass is 31.2. The molecule has 0 saturated heterocycles. The zero-order valence-corrected chi connectivity index (χ0v) is 43.2. The van der Waals surface area contributed by atoms with Gasteiger partial charge in [0.1, 0.15) is 34.9 Å². The number of carbonyl (C=O) groups excluding carboxylic acids is 4. The molecule has 0 fully saturated rings. The highest BCUT2D eigenvalue weighted by Gasteiger charge is 2.38. The molecule has 0 aliphatic carbocycles. The third kappa shape index (κ3) is 15.9. The molecule has 17 nitrogen and oxygen atoms in total. The van der Waals surface area contributed by atoms with E-state index in [1.807, 2.05) is 25.2 Å². The highest BCUT2D eigenvalue weighted by molar-refractivity contribution is 7.57. The third-order valence-corrected chi connectivity index (χ3v) is 15.2. The van der Waals surface area contributed by atoms with Crippen LogP contribution in [-0.2, 0) is 41.3 Å². The molecule has 2 amide bonds. The number of benzene rings is 4. The number of aromatic nitrogens is 1. The van der Waals surface area contributed by atoms with Gasteiger partial charge in [0.2, 0.25) is 0 Å². The predicted octanol–water partition coefficient (Wildman–Crippen LogP) is 8.70. The molecule has 2 unspecified atom stereocenters. The molecule has 0 spiro atoms. The molecule has 5 aromatic rings. The fourth-order valence-corrected chi connectivity index (χ4v) is 11.5. The van der Waals surface area contributed by atoms with Crippen molar-refractivity contribution >= 4 is 49.7 Å². The van der Waals surface area contributed by atoms with Crippen LogP contribution >= 0.6 is 15.0 Å². The van der Waals surface area contributed by atoms with Gasteiger partial charge in [-0.25, -0.2) is 14.6 Å². The second-order valence-corrected chi connectivity index (χ2v) is 22.0. The number of aromatic hydroxyl groups is 1. The number of phenolic OH excluding ortho intramolecular Hbond substituents is 1. The summed E-state index contributed by atoms with van der Waals surface area (Å²) in [6.07, 6.45) is 2.11. The number of para-hydroxylation sites is 2. The zero-order chi connectivity index (χ0) is 51.9. The lowest BCUT2D eigenvalue weighted by Gasteiger charge is -2.25. The molecular formula is C51H65FN6O11P2. The summed E-state index contributed by atoms with van der Waals surface area (Å²) in [6, 6.07) is 25.0. The largest absolute Gasteiger partial charge is 0.505 e. The van der Waals surface area contributed by atoms with Crippen LogP contribution < -0.4 is 24.5 Å². The first-order valence-electron chi connectivity index (χ1n) is 23.4.